The molecule has 0 bridgehead atoms. The summed E-state index contributed by atoms with van der Waals surface area (Å²) in [6.07, 6.45) is 14.4. The standard InChI is InChI=1S/C18H36BrNO/c1-4-6-7-8-9-10-11-12-13-14-17(21)20-18(3,5-2)15-16-19/h4-16H2,1-3H3,(H,20,21). The summed E-state index contributed by atoms with van der Waals surface area (Å²) in [4.78, 5) is 12.0. The van der Waals surface area contributed by atoms with Crippen molar-refractivity contribution < 1.29 is 4.79 Å². The van der Waals surface area contributed by atoms with Crippen molar-refractivity contribution in [2.45, 2.75) is 103 Å². The molecule has 0 heterocycles. The average molecular weight is 362 g/mol. The van der Waals surface area contributed by atoms with Gasteiger partial charge in [-0.2, -0.15) is 0 Å². The second-order valence-corrected chi connectivity index (χ2v) is 7.27. The second kappa shape index (κ2) is 13.6. The monoisotopic (exact) mass is 361 g/mol. The zero-order valence-corrected chi connectivity index (χ0v) is 16.1. The van der Waals surface area contributed by atoms with Crippen LogP contribution in [-0.4, -0.2) is 16.8 Å². The van der Waals surface area contributed by atoms with Gasteiger partial charge in [-0.3, -0.25) is 4.79 Å². The summed E-state index contributed by atoms with van der Waals surface area (Å²) < 4.78 is 0. The summed E-state index contributed by atoms with van der Waals surface area (Å²) in [5.74, 6) is 0.225. The quantitative estimate of drug-likeness (QED) is 0.299. The molecule has 1 amide bonds. The van der Waals surface area contributed by atoms with E-state index in [1.165, 1.54) is 51.4 Å². The van der Waals surface area contributed by atoms with Gasteiger partial charge in [0, 0.05) is 17.3 Å². The highest BCUT2D eigenvalue weighted by Gasteiger charge is 2.22. The minimum absolute atomic E-state index is 0.0418. The number of hydrogen-bond donors (Lipinski definition) is 1. The first-order valence-electron chi connectivity index (χ1n) is 8.95. The topological polar surface area (TPSA) is 29.1 Å². The van der Waals surface area contributed by atoms with E-state index >= 15 is 0 Å². The van der Waals surface area contributed by atoms with Gasteiger partial charge in [0.05, 0.1) is 0 Å². The molecule has 0 aromatic rings. The van der Waals surface area contributed by atoms with Crippen molar-refractivity contribution in [3.05, 3.63) is 0 Å². The lowest BCUT2D eigenvalue weighted by Gasteiger charge is -2.29. The molecule has 0 aliphatic rings. The van der Waals surface area contributed by atoms with Crippen LogP contribution in [0, 0.1) is 0 Å². The van der Waals surface area contributed by atoms with Gasteiger partial charge in [0.25, 0.3) is 0 Å². The highest BCUT2D eigenvalue weighted by Crippen LogP contribution is 2.16. The Hall–Kier alpha value is -0.0500. The third kappa shape index (κ3) is 12.2. The summed E-state index contributed by atoms with van der Waals surface area (Å²) >= 11 is 3.47. The first-order valence-corrected chi connectivity index (χ1v) is 10.1. The lowest BCUT2D eigenvalue weighted by Crippen LogP contribution is -2.45. The molecule has 0 rings (SSSR count). The number of nitrogens with one attached hydrogen (secondary N) is 1. The van der Waals surface area contributed by atoms with E-state index in [-0.39, 0.29) is 11.4 Å². The van der Waals surface area contributed by atoms with Crippen LogP contribution in [0.3, 0.4) is 0 Å². The number of rotatable bonds is 14. The van der Waals surface area contributed by atoms with Crippen molar-refractivity contribution >= 4 is 21.8 Å². The zero-order valence-electron chi connectivity index (χ0n) is 14.5. The van der Waals surface area contributed by atoms with Gasteiger partial charge >= 0.3 is 0 Å². The Morgan fingerprint density at radius 2 is 1.48 bits per heavy atom. The lowest BCUT2D eigenvalue weighted by molar-refractivity contribution is -0.123. The van der Waals surface area contributed by atoms with E-state index in [2.05, 4.69) is 42.0 Å². The molecule has 0 saturated heterocycles. The molecule has 0 fully saturated rings. The molecular formula is C18H36BrNO. The molecular weight excluding hydrogens is 326 g/mol. The number of hydrogen-bond acceptors (Lipinski definition) is 1. The predicted molar refractivity (Wildman–Crippen MR) is 97.1 cm³/mol. The summed E-state index contributed by atoms with van der Waals surface area (Å²) in [5.41, 5.74) is -0.0418. The van der Waals surface area contributed by atoms with Gasteiger partial charge in [0.1, 0.15) is 0 Å². The maximum Gasteiger partial charge on any atom is 0.220 e. The van der Waals surface area contributed by atoms with Crippen molar-refractivity contribution in [1.82, 2.24) is 5.32 Å². The van der Waals surface area contributed by atoms with Crippen molar-refractivity contribution in [3.8, 4) is 0 Å². The number of unbranched alkanes of at least 4 members (excludes halogenated alkanes) is 8. The fourth-order valence-electron chi connectivity index (χ4n) is 2.53. The van der Waals surface area contributed by atoms with Crippen LogP contribution in [0.25, 0.3) is 0 Å². The Labute approximate surface area is 141 Å². The van der Waals surface area contributed by atoms with Crippen molar-refractivity contribution in [3.63, 3.8) is 0 Å². The normalized spacial score (nSPS) is 13.9. The van der Waals surface area contributed by atoms with Crippen LogP contribution in [0.4, 0.5) is 0 Å². The van der Waals surface area contributed by atoms with E-state index in [1.807, 2.05) is 0 Å². The molecule has 3 heteroatoms. The smallest absolute Gasteiger partial charge is 0.220 e. The number of alkyl halides is 1. The third-order valence-corrected chi connectivity index (χ3v) is 4.77. The van der Waals surface area contributed by atoms with Gasteiger partial charge in [0.2, 0.25) is 5.91 Å². The van der Waals surface area contributed by atoms with Gasteiger partial charge in [-0.05, 0) is 26.2 Å². The fourth-order valence-corrected chi connectivity index (χ4v) is 3.41. The molecule has 1 atom stereocenters. The van der Waals surface area contributed by atoms with Crippen LogP contribution in [0.2, 0.25) is 0 Å². The van der Waals surface area contributed by atoms with Crippen molar-refractivity contribution in [1.29, 1.82) is 0 Å². The van der Waals surface area contributed by atoms with Gasteiger partial charge in [-0.25, -0.2) is 0 Å². The van der Waals surface area contributed by atoms with E-state index in [9.17, 15) is 4.79 Å². The number of carbonyl (C=O) groups is 1. The summed E-state index contributed by atoms with van der Waals surface area (Å²) in [5, 5.41) is 4.14. The zero-order chi connectivity index (χ0) is 16.0. The molecule has 0 spiro atoms. The predicted octanol–water partition coefficient (Wildman–Crippen LogP) is 5.98. The SMILES string of the molecule is CCCCCCCCCCCC(=O)NC(C)(CC)CCBr. The summed E-state index contributed by atoms with van der Waals surface area (Å²) in [7, 11) is 0. The van der Waals surface area contributed by atoms with Crippen molar-refractivity contribution in [2.75, 3.05) is 5.33 Å². The Morgan fingerprint density at radius 3 is 1.95 bits per heavy atom. The van der Waals surface area contributed by atoms with Crippen molar-refractivity contribution in [2.24, 2.45) is 0 Å². The molecule has 0 saturated carbocycles. The molecule has 1 unspecified atom stereocenters. The van der Waals surface area contributed by atoms with Crippen LogP contribution >= 0.6 is 15.9 Å². The number of carbonyl (C=O) groups excluding carboxylic acids is 1. The van der Waals surface area contributed by atoms with E-state index in [4.69, 9.17) is 0 Å². The van der Waals surface area contributed by atoms with E-state index < -0.39 is 0 Å². The average Bonchev–Trinajstić information content (AvgIpc) is 2.45. The Morgan fingerprint density at radius 1 is 0.952 bits per heavy atom. The molecule has 21 heavy (non-hydrogen) atoms. The summed E-state index contributed by atoms with van der Waals surface area (Å²) in [6.45, 7) is 6.54. The van der Waals surface area contributed by atoms with E-state index in [1.54, 1.807) is 0 Å². The highest BCUT2D eigenvalue weighted by atomic mass is 79.9. The maximum atomic E-state index is 12.0. The van der Waals surface area contributed by atoms with Gasteiger partial charge in [0.15, 0.2) is 0 Å². The largest absolute Gasteiger partial charge is 0.351 e. The number of amides is 1. The van der Waals surface area contributed by atoms with Crippen LogP contribution < -0.4 is 5.32 Å². The summed E-state index contributed by atoms with van der Waals surface area (Å²) in [6, 6.07) is 0. The molecule has 0 aliphatic heterocycles. The van der Waals surface area contributed by atoms with E-state index in [0.29, 0.717) is 6.42 Å². The Kier molecular flexibility index (Phi) is 13.6. The number of halogens is 1. The highest BCUT2D eigenvalue weighted by molar-refractivity contribution is 9.09. The Balaban J connectivity index is 3.53. The van der Waals surface area contributed by atoms with Crippen LogP contribution in [0.15, 0.2) is 0 Å². The molecule has 1 N–H and O–H groups in total. The lowest BCUT2D eigenvalue weighted by atomic mass is 9.95. The van der Waals surface area contributed by atoms with Gasteiger partial charge < -0.3 is 5.32 Å². The fraction of sp³-hybridized carbons (Fsp3) is 0.944. The minimum Gasteiger partial charge on any atom is -0.351 e. The molecule has 0 radical (unpaired) electrons. The molecule has 0 aromatic carbocycles. The molecule has 0 aliphatic carbocycles. The first-order chi connectivity index (χ1) is 10.1. The molecule has 2 nitrogen and oxygen atoms in total. The Bertz CT molecular complexity index is 258. The van der Waals surface area contributed by atoms with Gasteiger partial charge in [-0.15, -0.1) is 0 Å². The first kappa shape index (κ1) is 20.9. The van der Waals surface area contributed by atoms with Gasteiger partial charge in [-0.1, -0.05) is 81.1 Å². The second-order valence-electron chi connectivity index (χ2n) is 6.48. The third-order valence-electron chi connectivity index (χ3n) is 4.38. The van der Waals surface area contributed by atoms with Crippen LogP contribution in [0.1, 0.15) is 97.8 Å². The van der Waals surface area contributed by atoms with E-state index in [0.717, 1.165) is 24.6 Å². The van der Waals surface area contributed by atoms with Crippen LogP contribution in [0.5, 0.6) is 0 Å². The maximum absolute atomic E-state index is 12.0. The molecule has 126 valence electrons. The van der Waals surface area contributed by atoms with Crippen LogP contribution in [-0.2, 0) is 4.79 Å². The molecule has 0 aromatic heterocycles. The minimum atomic E-state index is -0.0418.